The Morgan fingerprint density at radius 1 is 1.28 bits per heavy atom. The average Bonchev–Trinajstić information content (AvgIpc) is 2.88. The number of rotatable bonds is 5. The van der Waals surface area contributed by atoms with Crippen LogP contribution >= 0.6 is 0 Å². The number of hydrogen-bond acceptors (Lipinski definition) is 2. The number of hydrogen-bond donors (Lipinski definition) is 1. The minimum atomic E-state index is 0.460. The van der Waals surface area contributed by atoms with E-state index in [4.69, 9.17) is 0 Å². The number of fused-ring (bicyclic) bond motifs is 2. The molecule has 18 heavy (non-hydrogen) atoms. The third-order valence-corrected chi connectivity index (χ3v) is 5.96. The molecule has 0 aliphatic heterocycles. The van der Waals surface area contributed by atoms with E-state index in [0.29, 0.717) is 11.6 Å². The number of allylic oxidation sites excluding steroid dienone is 2. The number of nitrogens with zero attached hydrogens (tertiary/aromatic N) is 1. The Bertz CT molecular complexity index is 330. The van der Waals surface area contributed by atoms with Gasteiger partial charge in [0.2, 0.25) is 0 Å². The summed E-state index contributed by atoms with van der Waals surface area (Å²) < 4.78 is 0. The van der Waals surface area contributed by atoms with Gasteiger partial charge in [-0.05, 0) is 70.9 Å². The Labute approximate surface area is 112 Å². The standard InChI is InChI=1S/C16H28N2/c1-12(15-10-13-5-6-14(15)9-13)17-11-16(18(2)3)7-4-8-16/h5-6,12-15,17H,4,7-11H2,1-3H3. The predicted molar refractivity (Wildman–Crippen MR) is 76.6 cm³/mol. The van der Waals surface area contributed by atoms with E-state index >= 15 is 0 Å². The van der Waals surface area contributed by atoms with Crippen LogP contribution in [0.15, 0.2) is 12.2 Å². The monoisotopic (exact) mass is 248 g/mol. The molecule has 2 bridgehead atoms. The van der Waals surface area contributed by atoms with Gasteiger partial charge < -0.3 is 10.2 Å². The molecule has 3 rings (SSSR count). The summed E-state index contributed by atoms with van der Waals surface area (Å²) in [5.41, 5.74) is 0.460. The molecule has 4 atom stereocenters. The Kier molecular flexibility index (Phi) is 3.27. The first-order valence-electron chi connectivity index (χ1n) is 7.70. The summed E-state index contributed by atoms with van der Waals surface area (Å²) in [6, 6.07) is 0.683. The highest BCUT2D eigenvalue weighted by molar-refractivity contribution is 5.12. The lowest BCUT2D eigenvalue weighted by atomic mass is 9.75. The van der Waals surface area contributed by atoms with Crippen molar-refractivity contribution in [2.75, 3.05) is 20.6 Å². The van der Waals surface area contributed by atoms with Crippen molar-refractivity contribution in [3.8, 4) is 0 Å². The van der Waals surface area contributed by atoms with Crippen molar-refractivity contribution in [3.05, 3.63) is 12.2 Å². The van der Waals surface area contributed by atoms with Gasteiger partial charge in [-0.25, -0.2) is 0 Å². The van der Waals surface area contributed by atoms with Gasteiger partial charge in [0.05, 0.1) is 0 Å². The first kappa shape index (κ1) is 12.7. The van der Waals surface area contributed by atoms with Crippen molar-refractivity contribution >= 4 is 0 Å². The van der Waals surface area contributed by atoms with Crippen molar-refractivity contribution in [2.24, 2.45) is 17.8 Å². The highest BCUT2D eigenvalue weighted by atomic mass is 15.2. The van der Waals surface area contributed by atoms with Gasteiger partial charge in [-0.2, -0.15) is 0 Å². The second kappa shape index (κ2) is 4.64. The van der Waals surface area contributed by atoms with Crippen LogP contribution in [0.3, 0.4) is 0 Å². The van der Waals surface area contributed by atoms with Gasteiger partial charge in [0.15, 0.2) is 0 Å². The highest BCUT2D eigenvalue weighted by Crippen LogP contribution is 2.45. The summed E-state index contributed by atoms with van der Waals surface area (Å²) in [5.74, 6) is 2.66. The molecule has 4 unspecified atom stereocenters. The zero-order chi connectivity index (χ0) is 12.8. The van der Waals surface area contributed by atoms with Gasteiger partial charge in [-0.3, -0.25) is 0 Å². The Morgan fingerprint density at radius 3 is 2.50 bits per heavy atom. The maximum absolute atomic E-state index is 3.86. The van der Waals surface area contributed by atoms with Crippen LogP contribution in [0.2, 0.25) is 0 Å². The van der Waals surface area contributed by atoms with E-state index in [1.807, 2.05) is 0 Å². The SMILES string of the molecule is CC(NCC1(N(C)C)CCC1)C1CC2C=CC1C2. The Hall–Kier alpha value is -0.340. The molecule has 0 saturated heterocycles. The van der Waals surface area contributed by atoms with Crippen molar-refractivity contribution < 1.29 is 0 Å². The van der Waals surface area contributed by atoms with Crippen molar-refractivity contribution in [3.63, 3.8) is 0 Å². The molecule has 0 aromatic rings. The van der Waals surface area contributed by atoms with E-state index in [1.54, 1.807) is 0 Å². The van der Waals surface area contributed by atoms with E-state index in [1.165, 1.54) is 38.6 Å². The Morgan fingerprint density at radius 2 is 2.06 bits per heavy atom. The lowest BCUT2D eigenvalue weighted by molar-refractivity contribution is 0.0547. The molecule has 2 fully saturated rings. The van der Waals surface area contributed by atoms with Crippen LogP contribution in [0.4, 0.5) is 0 Å². The fourth-order valence-corrected chi connectivity index (χ4v) is 4.27. The minimum Gasteiger partial charge on any atom is -0.312 e. The van der Waals surface area contributed by atoms with Crippen LogP contribution in [0.5, 0.6) is 0 Å². The smallest absolute Gasteiger partial charge is 0.0328 e. The summed E-state index contributed by atoms with van der Waals surface area (Å²) in [5, 5.41) is 3.86. The van der Waals surface area contributed by atoms with Crippen LogP contribution in [0.1, 0.15) is 39.0 Å². The molecule has 1 N–H and O–H groups in total. The third kappa shape index (κ3) is 2.04. The molecular formula is C16H28N2. The molecule has 3 aliphatic rings. The lowest BCUT2D eigenvalue weighted by Gasteiger charge is -2.48. The van der Waals surface area contributed by atoms with E-state index < -0.39 is 0 Å². The molecule has 2 saturated carbocycles. The van der Waals surface area contributed by atoms with Crippen molar-refractivity contribution in [1.29, 1.82) is 0 Å². The second-order valence-electron chi connectivity index (χ2n) is 7.09. The van der Waals surface area contributed by atoms with Gasteiger partial charge in [0.25, 0.3) is 0 Å². The summed E-state index contributed by atoms with van der Waals surface area (Å²) in [6.07, 6.45) is 11.9. The quantitative estimate of drug-likeness (QED) is 0.753. The molecule has 2 nitrogen and oxygen atoms in total. The molecule has 0 radical (unpaired) electrons. The minimum absolute atomic E-state index is 0.460. The topological polar surface area (TPSA) is 15.3 Å². The molecule has 0 spiro atoms. The Balaban J connectivity index is 1.52. The van der Waals surface area contributed by atoms with Gasteiger partial charge in [0.1, 0.15) is 0 Å². The molecule has 3 aliphatic carbocycles. The predicted octanol–water partition coefficient (Wildman–Crippen LogP) is 2.66. The van der Waals surface area contributed by atoms with Crippen LogP contribution in [0, 0.1) is 17.8 Å². The van der Waals surface area contributed by atoms with Gasteiger partial charge in [-0.15, -0.1) is 0 Å². The zero-order valence-corrected chi connectivity index (χ0v) is 12.2. The molecular weight excluding hydrogens is 220 g/mol. The normalized spacial score (nSPS) is 38.1. The third-order valence-electron chi connectivity index (χ3n) is 5.96. The zero-order valence-electron chi connectivity index (χ0n) is 12.2. The highest BCUT2D eigenvalue weighted by Gasteiger charge is 2.41. The van der Waals surface area contributed by atoms with Crippen molar-refractivity contribution in [2.45, 2.75) is 50.6 Å². The molecule has 0 amide bonds. The summed E-state index contributed by atoms with van der Waals surface area (Å²) in [7, 11) is 4.48. The largest absolute Gasteiger partial charge is 0.312 e. The second-order valence-corrected chi connectivity index (χ2v) is 7.09. The molecule has 0 aromatic heterocycles. The van der Waals surface area contributed by atoms with Gasteiger partial charge in [-0.1, -0.05) is 12.2 Å². The molecule has 0 heterocycles. The van der Waals surface area contributed by atoms with E-state index in [2.05, 4.69) is 43.4 Å². The van der Waals surface area contributed by atoms with E-state index in [-0.39, 0.29) is 0 Å². The van der Waals surface area contributed by atoms with Crippen LogP contribution in [-0.2, 0) is 0 Å². The lowest BCUT2D eigenvalue weighted by Crippen LogP contribution is -2.58. The van der Waals surface area contributed by atoms with E-state index in [0.717, 1.165) is 17.8 Å². The fraction of sp³-hybridized carbons (Fsp3) is 0.875. The summed E-state index contributed by atoms with van der Waals surface area (Å²) in [4.78, 5) is 2.44. The summed E-state index contributed by atoms with van der Waals surface area (Å²) >= 11 is 0. The maximum Gasteiger partial charge on any atom is 0.0328 e. The molecule has 2 heteroatoms. The average molecular weight is 248 g/mol. The first-order valence-corrected chi connectivity index (χ1v) is 7.70. The van der Waals surface area contributed by atoms with E-state index in [9.17, 15) is 0 Å². The molecule has 0 aromatic carbocycles. The van der Waals surface area contributed by atoms with Gasteiger partial charge >= 0.3 is 0 Å². The van der Waals surface area contributed by atoms with Gasteiger partial charge in [0, 0.05) is 18.1 Å². The van der Waals surface area contributed by atoms with Crippen LogP contribution in [0.25, 0.3) is 0 Å². The fourth-order valence-electron chi connectivity index (χ4n) is 4.27. The van der Waals surface area contributed by atoms with Crippen molar-refractivity contribution in [1.82, 2.24) is 10.2 Å². The van der Waals surface area contributed by atoms with Crippen LogP contribution < -0.4 is 5.32 Å². The number of likely N-dealkylation sites (N-methyl/N-ethyl adjacent to an activating group) is 1. The summed E-state index contributed by atoms with van der Waals surface area (Å²) in [6.45, 7) is 3.58. The van der Waals surface area contributed by atoms with Crippen LogP contribution in [-0.4, -0.2) is 37.1 Å². The first-order chi connectivity index (χ1) is 8.61. The molecule has 102 valence electrons. The maximum atomic E-state index is 3.86. The number of nitrogens with one attached hydrogen (secondary N) is 1.